The fourth-order valence-corrected chi connectivity index (χ4v) is 12.8. The molecule has 0 saturated carbocycles. The predicted molar refractivity (Wildman–Crippen MR) is 355 cm³/mol. The lowest BCUT2D eigenvalue weighted by molar-refractivity contribution is 0.147. The predicted octanol–water partition coefficient (Wildman–Crippen LogP) is 12.9. The van der Waals surface area contributed by atoms with Crippen LogP contribution in [-0.4, -0.2) is 108 Å². The second-order valence-electron chi connectivity index (χ2n) is 24.4. The van der Waals surface area contributed by atoms with E-state index in [1.807, 2.05) is 78.6 Å². The van der Waals surface area contributed by atoms with Crippen molar-refractivity contribution in [2.75, 3.05) is 49.9 Å². The number of fused-ring (bicyclic) bond motifs is 6. The quantitative estimate of drug-likeness (QED) is 0.0625. The van der Waals surface area contributed by atoms with E-state index in [1.54, 1.807) is 73.2 Å². The number of hydrogen-bond donors (Lipinski definition) is 4. The number of nitrogens with one attached hydrogen (secondary N) is 3. The van der Waals surface area contributed by atoms with Crippen molar-refractivity contribution in [3.05, 3.63) is 206 Å². The Balaban J connectivity index is 0.000000131. The van der Waals surface area contributed by atoms with E-state index in [0.717, 1.165) is 73.3 Å². The van der Waals surface area contributed by atoms with Crippen molar-refractivity contribution in [1.82, 2.24) is 62.8 Å². The first-order valence-electron chi connectivity index (χ1n) is 31.7. The molecule has 3 aliphatic heterocycles. The van der Waals surface area contributed by atoms with Crippen LogP contribution in [0.1, 0.15) is 86.5 Å². The molecule has 11 heterocycles. The monoisotopic (exact) mass is 1320 g/mol. The number of pyridine rings is 1. The molecule has 15 rings (SSSR count). The first-order chi connectivity index (χ1) is 46.8. The minimum atomic E-state index is -2.73. The van der Waals surface area contributed by atoms with Crippen LogP contribution >= 0.6 is 0 Å². The molecule has 0 saturated heterocycles. The smallest absolute Gasteiger partial charge is 0.280 e. The summed E-state index contributed by atoms with van der Waals surface area (Å²) in [6, 6.07) is 17.7. The van der Waals surface area contributed by atoms with Crippen molar-refractivity contribution in [3.63, 3.8) is 0 Å². The number of halogens is 6. The van der Waals surface area contributed by atoms with Crippen LogP contribution in [-0.2, 0) is 52.0 Å². The molecule has 8 aromatic heterocycles. The fourth-order valence-electron chi connectivity index (χ4n) is 12.8. The van der Waals surface area contributed by atoms with Gasteiger partial charge in [0.15, 0.2) is 0 Å². The zero-order chi connectivity index (χ0) is 67.9. The molecule has 0 aliphatic carbocycles. The Hall–Kier alpha value is -10.6. The van der Waals surface area contributed by atoms with Crippen molar-refractivity contribution >= 4 is 34.8 Å². The van der Waals surface area contributed by atoms with E-state index >= 15 is 0 Å². The van der Waals surface area contributed by atoms with Crippen LogP contribution in [0.25, 0.3) is 50.3 Å². The van der Waals surface area contributed by atoms with Crippen LogP contribution in [0.3, 0.4) is 0 Å². The molecule has 0 radical (unpaired) electrons. The molecular weight excluding hydrogens is 1250 g/mol. The standard InChI is InChI=1S/C25H25F2N5O.C24H27FN6O2.C22H18F3N5O/c1-15-13-32-24(30-15)19(16-4-5-17(14-31(2)3)22(27)10-16)11-28-25(32)29-12-20-18-8-9-33-23(18)7-6-21(20)26;1-13-11-30-23(28-13)19(22-15(3)29-31(16(22)4)12-14(2)32)10-27-24(30)26-9-18-17-7-8-33-21(17)6-5-20(18)25;1-12-11-30-21(29-12)16(14-3-2-7-26-19(14)20(24)25)10-28-22(30)27-9-15-13-6-8-31-18(13)5-4-17(15)23/h4-7,10-11,13H,8-9,12,14H2,1-3H3,(H,28,29);5-6,10-11,14,32H,7-9,12H2,1-4H3,(H,26,27);2-5,7,10-11,20H,6,8-9H2,1H3,(H,27,28)/t;14-;/m.0./s1. The van der Waals surface area contributed by atoms with Gasteiger partial charge in [-0.3, -0.25) is 22.9 Å². The maximum absolute atomic E-state index is 14.7. The first-order valence-corrected chi connectivity index (χ1v) is 31.7. The fraction of sp³-hybridized carbons (Fsp3) is 0.296. The second-order valence-corrected chi connectivity index (χ2v) is 24.4. The third-order valence-electron chi connectivity index (χ3n) is 17.2. The number of hydrogen-bond acceptors (Lipinski definition) is 16. The molecule has 97 heavy (non-hydrogen) atoms. The topological polar surface area (TPSA) is 209 Å². The number of benzene rings is 4. The minimum absolute atomic E-state index is 0.201. The molecule has 0 fully saturated rings. The van der Waals surface area contributed by atoms with Crippen LogP contribution in [0.15, 0.2) is 110 Å². The van der Waals surface area contributed by atoms with E-state index in [4.69, 9.17) is 19.2 Å². The number of aromatic nitrogens is 12. The summed E-state index contributed by atoms with van der Waals surface area (Å²) in [5.41, 5.74) is 14.6. The first kappa shape index (κ1) is 65.1. The van der Waals surface area contributed by atoms with Gasteiger partial charge in [-0.05, 0) is 110 Å². The van der Waals surface area contributed by atoms with Crippen LogP contribution in [0.4, 0.5) is 44.2 Å². The van der Waals surface area contributed by atoms with Gasteiger partial charge in [0, 0.05) is 161 Å². The number of alkyl halides is 2. The van der Waals surface area contributed by atoms with Gasteiger partial charge in [0.1, 0.15) is 63.2 Å². The molecule has 0 spiro atoms. The Kier molecular flexibility index (Phi) is 18.3. The molecule has 3 aliphatic rings. The SMILES string of the molecule is Cc1cn2c(NCc3c(F)ccc4c3CCO4)ncc(-c3c(C)nn(C[C@H](C)O)c3C)c2n1.Cc1cn2c(NCc3c(F)ccc4c3CCO4)ncc(-c3ccc(CN(C)C)c(F)c3)c2n1.Cc1cn2c(NCc3c(F)ccc4c3CCO4)ncc(-c3cccnc3C(F)F)c2n1. The Bertz CT molecular complexity index is 4970. The van der Waals surface area contributed by atoms with Crippen molar-refractivity contribution in [2.45, 2.75) is 106 Å². The molecule has 4 N–H and O–H groups in total. The molecular formula is C71H70F6N16O4. The Morgan fingerprint density at radius 3 is 1.46 bits per heavy atom. The van der Waals surface area contributed by atoms with Gasteiger partial charge in [-0.15, -0.1) is 0 Å². The molecule has 20 nitrogen and oxygen atoms in total. The van der Waals surface area contributed by atoms with Crippen LogP contribution in [0.2, 0.25) is 0 Å². The van der Waals surface area contributed by atoms with Crippen molar-refractivity contribution in [3.8, 4) is 50.6 Å². The summed E-state index contributed by atoms with van der Waals surface area (Å²) >= 11 is 0. The summed E-state index contributed by atoms with van der Waals surface area (Å²) in [7, 11) is 3.81. The average molecular weight is 1330 g/mol. The highest BCUT2D eigenvalue weighted by Gasteiger charge is 2.27. The number of aliphatic hydroxyl groups excluding tert-OH is 1. The van der Waals surface area contributed by atoms with Gasteiger partial charge in [-0.1, -0.05) is 18.2 Å². The largest absolute Gasteiger partial charge is 0.493 e. The number of nitrogens with zero attached hydrogens (tertiary/aromatic N) is 13. The molecule has 500 valence electrons. The summed E-state index contributed by atoms with van der Waals surface area (Å²) in [4.78, 5) is 33.3. The molecule has 0 unspecified atom stereocenters. The zero-order valence-corrected chi connectivity index (χ0v) is 54.6. The molecule has 0 amide bonds. The highest BCUT2D eigenvalue weighted by Crippen LogP contribution is 2.38. The number of imidazole rings is 3. The maximum atomic E-state index is 14.7. The summed E-state index contributed by atoms with van der Waals surface area (Å²) in [5, 5.41) is 24.1. The van der Waals surface area contributed by atoms with Gasteiger partial charge in [-0.2, -0.15) is 5.10 Å². The Morgan fingerprint density at radius 1 is 0.557 bits per heavy atom. The van der Waals surface area contributed by atoms with Crippen LogP contribution in [0, 0.1) is 57.9 Å². The third kappa shape index (κ3) is 13.2. The summed E-state index contributed by atoms with van der Waals surface area (Å²) in [6.45, 7) is 14.7. The number of ether oxygens (including phenoxy) is 3. The summed E-state index contributed by atoms with van der Waals surface area (Å²) in [5.74, 6) is 2.63. The molecule has 12 aromatic rings. The second kappa shape index (κ2) is 27.3. The van der Waals surface area contributed by atoms with Crippen molar-refractivity contribution in [2.24, 2.45) is 0 Å². The van der Waals surface area contributed by atoms with Gasteiger partial charge in [0.25, 0.3) is 6.43 Å². The number of aliphatic hydroxyl groups is 1. The van der Waals surface area contributed by atoms with Gasteiger partial charge in [0.2, 0.25) is 17.8 Å². The van der Waals surface area contributed by atoms with Crippen molar-refractivity contribution in [1.29, 1.82) is 0 Å². The number of rotatable bonds is 17. The normalized spacial score (nSPS) is 13.2. The highest BCUT2D eigenvalue weighted by atomic mass is 19.3. The minimum Gasteiger partial charge on any atom is -0.493 e. The van der Waals surface area contributed by atoms with E-state index < -0.39 is 12.5 Å². The Morgan fingerprint density at radius 2 is 1.01 bits per heavy atom. The van der Waals surface area contributed by atoms with E-state index in [1.165, 1.54) is 36.7 Å². The van der Waals surface area contributed by atoms with E-state index in [-0.39, 0.29) is 47.6 Å². The summed E-state index contributed by atoms with van der Waals surface area (Å²) < 4.78 is 109. The van der Waals surface area contributed by atoms with E-state index in [2.05, 4.69) is 51.0 Å². The number of aryl methyl sites for hydroxylation is 4. The van der Waals surface area contributed by atoms with Crippen LogP contribution < -0.4 is 30.2 Å². The van der Waals surface area contributed by atoms with Crippen molar-refractivity contribution < 1.29 is 45.7 Å². The number of anilines is 3. The zero-order valence-electron chi connectivity index (χ0n) is 54.6. The van der Waals surface area contributed by atoms with Gasteiger partial charge in [0.05, 0.1) is 55.2 Å². The summed E-state index contributed by atoms with van der Waals surface area (Å²) in [6.07, 6.45) is 10.6. The maximum Gasteiger partial charge on any atom is 0.280 e. The average Bonchev–Trinajstić information content (AvgIpc) is 1.66. The lowest BCUT2D eigenvalue weighted by atomic mass is 10.0. The van der Waals surface area contributed by atoms with E-state index in [0.29, 0.717) is 133 Å². The van der Waals surface area contributed by atoms with Crippen LogP contribution in [0.5, 0.6) is 17.2 Å². The van der Waals surface area contributed by atoms with Gasteiger partial charge < -0.3 is 40.2 Å². The Labute approximate surface area is 554 Å². The molecule has 4 aromatic carbocycles. The molecule has 1 atom stereocenters. The highest BCUT2D eigenvalue weighted by molar-refractivity contribution is 5.82. The van der Waals surface area contributed by atoms with E-state index in [9.17, 15) is 31.4 Å². The van der Waals surface area contributed by atoms with Gasteiger partial charge in [-0.25, -0.2) is 56.2 Å². The van der Waals surface area contributed by atoms with Gasteiger partial charge >= 0.3 is 0 Å². The molecule has 26 heteroatoms. The molecule has 0 bridgehead atoms. The lowest BCUT2D eigenvalue weighted by Crippen LogP contribution is -2.14. The lowest BCUT2D eigenvalue weighted by Gasteiger charge is -2.14. The third-order valence-corrected chi connectivity index (χ3v) is 17.2.